The Morgan fingerprint density at radius 2 is 1.90 bits per heavy atom. The monoisotopic (exact) mass is 342 g/mol. The van der Waals surface area contributed by atoms with Gasteiger partial charge in [0.15, 0.2) is 0 Å². The maximum absolute atomic E-state index is 12.0. The van der Waals surface area contributed by atoms with Crippen LogP contribution < -0.4 is 10.1 Å². The summed E-state index contributed by atoms with van der Waals surface area (Å²) in [5.74, 6) is -0.00592. The molecule has 1 aromatic carbocycles. The van der Waals surface area contributed by atoms with Crippen molar-refractivity contribution in [2.24, 2.45) is 0 Å². The van der Waals surface area contributed by atoms with E-state index in [1.807, 2.05) is 0 Å². The van der Waals surface area contributed by atoms with Gasteiger partial charge in [-0.05, 0) is 52.3 Å². The molecule has 4 nitrogen and oxygen atoms in total. The van der Waals surface area contributed by atoms with Crippen molar-refractivity contribution in [1.29, 1.82) is 0 Å². The molecule has 0 aliphatic carbocycles. The number of halogens is 3. The summed E-state index contributed by atoms with van der Waals surface area (Å²) in [5, 5.41) is 2.59. The topological polar surface area (TPSA) is 51.2 Å². The van der Waals surface area contributed by atoms with Crippen LogP contribution in [-0.2, 0) is 0 Å². The van der Waals surface area contributed by atoms with Gasteiger partial charge in [-0.3, -0.25) is 4.79 Å². The lowest BCUT2D eigenvalue weighted by Gasteiger charge is -2.06. The van der Waals surface area contributed by atoms with Crippen LogP contribution in [0, 0.1) is 0 Å². The molecule has 0 bridgehead atoms. The Balaban J connectivity index is 2.06. The Kier molecular flexibility index (Phi) is 4.62. The van der Waals surface area contributed by atoms with Gasteiger partial charge in [-0.1, -0.05) is 6.07 Å². The summed E-state index contributed by atoms with van der Waals surface area (Å²) in [6, 6.07) is 10.5. The molecule has 1 aromatic heterocycles. The lowest BCUT2D eigenvalue weighted by Crippen LogP contribution is -2.13. The SMILES string of the molecule is O=C(Nc1cccc(Br)n1)c1ccc(OC(F)F)cc1. The molecule has 0 saturated heterocycles. The third-order valence-electron chi connectivity index (χ3n) is 2.30. The number of carbonyl (C=O) groups excluding carboxylic acids is 1. The molecule has 104 valence electrons. The predicted octanol–water partition coefficient (Wildman–Crippen LogP) is 3.70. The number of aromatic nitrogens is 1. The van der Waals surface area contributed by atoms with Crippen LogP contribution in [0.5, 0.6) is 5.75 Å². The van der Waals surface area contributed by atoms with Crippen LogP contribution in [0.3, 0.4) is 0 Å². The fourth-order valence-electron chi connectivity index (χ4n) is 1.45. The van der Waals surface area contributed by atoms with Gasteiger partial charge in [0.2, 0.25) is 0 Å². The Morgan fingerprint density at radius 3 is 2.50 bits per heavy atom. The van der Waals surface area contributed by atoms with Gasteiger partial charge >= 0.3 is 6.61 Å². The summed E-state index contributed by atoms with van der Waals surface area (Å²) in [4.78, 5) is 16.0. The standard InChI is InChI=1S/C13H9BrF2N2O2/c14-10-2-1-3-11(17-10)18-12(19)8-4-6-9(7-5-8)20-13(15)16/h1-7,13H,(H,17,18,19). The molecule has 1 heterocycles. The molecular weight excluding hydrogens is 334 g/mol. The third kappa shape index (κ3) is 3.99. The van der Waals surface area contributed by atoms with Gasteiger partial charge in [0.25, 0.3) is 5.91 Å². The van der Waals surface area contributed by atoms with Crippen LogP contribution in [0.15, 0.2) is 47.1 Å². The second-order valence-corrected chi connectivity index (χ2v) is 4.52. The fourth-order valence-corrected chi connectivity index (χ4v) is 1.80. The van der Waals surface area contributed by atoms with Crippen LogP contribution in [-0.4, -0.2) is 17.5 Å². The number of anilines is 1. The molecule has 7 heteroatoms. The number of pyridine rings is 1. The highest BCUT2D eigenvalue weighted by atomic mass is 79.9. The molecule has 20 heavy (non-hydrogen) atoms. The second-order valence-electron chi connectivity index (χ2n) is 3.70. The van der Waals surface area contributed by atoms with Crippen molar-refractivity contribution < 1.29 is 18.3 Å². The van der Waals surface area contributed by atoms with E-state index in [4.69, 9.17) is 0 Å². The molecule has 1 amide bonds. The summed E-state index contributed by atoms with van der Waals surface area (Å²) in [6.45, 7) is -2.89. The van der Waals surface area contributed by atoms with E-state index < -0.39 is 6.61 Å². The number of ether oxygens (including phenoxy) is 1. The van der Waals surface area contributed by atoms with Crippen LogP contribution in [0.4, 0.5) is 14.6 Å². The Labute approximate surface area is 121 Å². The van der Waals surface area contributed by atoms with Gasteiger partial charge in [0, 0.05) is 5.56 Å². The zero-order valence-electron chi connectivity index (χ0n) is 10.0. The Bertz CT molecular complexity index is 606. The van der Waals surface area contributed by atoms with Crippen molar-refractivity contribution in [3.05, 3.63) is 52.6 Å². The van der Waals surface area contributed by atoms with Crippen molar-refractivity contribution in [2.75, 3.05) is 5.32 Å². The van der Waals surface area contributed by atoms with Crippen molar-refractivity contribution in [1.82, 2.24) is 4.98 Å². The third-order valence-corrected chi connectivity index (χ3v) is 2.74. The first-order valence-corrected chi connectivity index (χ1v) is 6.32. The smallest absolute Gasteiger partial charge is 0.387 e. The molecule has 0 radical (unpaired) electrons. The molecule has 0 aliphatic heterocycles. The molecule has 0 aliphatic rings. The van der Waals surface area contributed by atoms with Crippen molar-refractivity contribution >= 4 is 27.7 Å². The van der Waals surface area contributed by atoms with E-state index in [-0.39, 0.29) is 11.7 Å². The number of nitrogens with one attached hydrogen (secondary N) is 1. The average molecular weight is 343 g/mol. The number of alkyl halides is 2. The van der Waals surface area contributed by atoms with Crippen LogP contribution >= 0.6 is 15.9 Å². The highest BCUT2D eigenvalue weighted by Crippen LogP contribution is 2.16. The zero-order chi connectivity index (χ0) is 14.5. The molecule has 0 unspecified atom stereocenters. The number of hydrogen-bond donors (Lipinski definition) is 1. The summed E-state index contributed by atoms with van der Waals surface area (Å²) in [6.07, 6.45) is 0. The first kappa shape index (κ1) is 14.4. The minimum Gasteiger partial charge on any atom is -0.435 e. The maximum Gasteiger partial charge on any atom is 0.387 e. The highest BCUT2D eigenvalue weighted by Gasteiger charge is 2.09. The molecule has 2 aromatic rings. The molecular formula is C13H9BrF2N2O2. The lowest BCUT2D eigenvalue weighted by atomic mass is 10.2. The van der Waals surface area contributed by atoms with Crippen molar-refractivity contribution in [3.63, 3.8) is 0 Å². The predicted molar refractivity (Wildman–Crippen MR) is 73.0 cm³/mol. The average Bonchev–Trinajstić information content (AvgIpc) is 2.38. The van der Waals surface area contributed by atoms with E-state index in [9.17, 15) is 13.6 Å². The number of nitrogens with zero attached hydrogens (tertiary/aromatic N) is 1. The van der Waals surface area contributed by atoms with E-state index in [2.05, 4.69) is 31.0 Å². The van der Waals surface area contributed by atoms with Crippen LogP contribution in [0.1, 0.15) is 10.4 Å². The quantitative estimate of drug-likeness (QED) is 0.862. The number of hydrogen-bond acceptors (Lipinski definition) is 3. The summed E-state index contributed by atoms with van der Waals surface area (Å²) >= 11 is 3.19. The largest absolute Gasteiger partial charge is 0.435 e. The van der Waals surface area contributed by atoms with E-state index in [0.29, 0.717) is 16.0 Å². The number of rotatable bonds is 4. The van der Waals surface area contributed by atoms with Gasteiger partial charge in [-0.2, -0.15) is 8.78 Å². The van der Waals surface area contributed by atoms with E-state index in [1.165, 1.54) is 24.3 Å². The minimum atomic E-state index is -2.89. The van der Waals surface area contributed by atoms with Gasteiger partial charge in [-0.25, -0.2) is 4.98 Å². The number of carbonyl (C=O) groups is 1. The molecule has 0 saturated carbocycles. The fraction of sp³-hybridized carbons (Fsp3) is 0.0769. The highest BCUT2D eigenvalue weighted by molar-refractivity contribution is 9.10. The van der Waals surface area contributed by atoms with Gasteiger partial charge in [-0.15, -0.1) is 0 Å². The van der Waals surface area contributed by atoms with Gasteiger partial charge in [0.1, 0.15) is 16.2 Å². The first-order chi connectivity index (χ1) is 9.54. The van der Waals surface area contributed by atoms with E-state index in [0.717, 1.165) is 0 Å². The number of benzene rings is 1. The summed E-state index contributed by atoms with van der Waals surface area (Å²) < 4.78 is 28.8. The second kappa shape index (κ2) is 6.42. The van der Waals surface area contributed by atoms with Gasteiger partial charge < -0.3 is 10.1 Å². The first-order valence-electron chi connectivity index (χ1n) is 5.53. The number of amides is 1. The minimum absolute atomic E-state index is 0.00266. The normalized spacial score (nSPS) is 10.4. The van der Waals surface area contributed by atoms with Crippen LogP contribution in [0.2, 0.25) is 0 Å². The Hall–Kier alpha value is -2.02. The van der Waals surface area contributed by atoms with E-state index >= 15 is 0 Å². The molecule has 0 atom stereocenters. The Morgan fingerprint density at radius 1 is 1.20 bits per heavy atom. The lowest BCUT2D eigenvalue weighted by molar-refractivity contribution is -0.0498. The maximum atomic E-state index is 12.0. The molecule has 2 rings (SSSR count). The van der Waals surface area contributed by atoms with E-state index in [1.54, 1.807) is 18.2 Å². The molecule has 1 N–H and O–H groups in total. The molecule has 0 fully saturated rings. The molecule has 0 spiro atoms. The van der Waals surface area contributed by atoms with Gasteiger partial charge in [0.05, 0.1) is 0 Å². The van der Waals surface area contributed by atoms with Crippen molar-refractivity contribution in [3.8, 4) is 5.75 Å². The zero-order valence-corrected chi connectivity index (χ0v) is 11.6. The summed E-state index contributed by atoms with van der Waals surface area (Å²) in [7, 11) is 0. The summed E-state index contributed by atoms with van der Waals surface area (Å²) in [5.41, 5.74) is 0.313. The van der Waals surface area contributed by atoms with Crippen LogP contribution in [0.25, 0.3) is 0 Å². The van der Waals surface area contributed by atoms with Crippen molar-refractivity contribution in [2.45, 2.75) is 6.61 Å².